The summed E-state index contributed by atoms with van der Waals surface area (Å²) in [4.78, 5) is 14.1. The number of hydrogen-bond acceptors (Lipinski definition) is 3. The third-order valence-corrected chi connectivity index (χ3v) is 4.10. The first kappa shape index (κ1) is 16.6. The van der Waals surface area contributed by atoms with Crippen LogP contribution in [0.25, 0.3) is 0 Å². The van der Waals surface area contributed by atoms with Crippen molar-refractivity contribution in [1.29, 1.82) is 0 Å². The van der Waals surface area contributed by atoms with Gasteiger partial charge in [-0.2, -0.15) is 0 Å². The average Bonchev–Trinajstić information content (AvgIpc) is 2.55. The van der Waals surface area contributed by atoms with E-state index in [2.05, 4.69) is 5.32 Å². The average molecular weight is 306 g/mol. The minimum Gasteiger partial charge on any atom is -0.494 e. The fourth-order valence-electron chi connectivity index (χ4n) is 2.78. The number of aliphatic hydroxyl groups is 1. The molecular weight excluding hydrogens is 280 g/mol. The molecule has 0 spiro atoms. The number of hydrogen-bond donors (Lipinski definition) is 2. The van der Waals surface area contributed by atoms with Crippen LogP contribution in [0, 0.1) is 5.92 Å². The monoisotopic (exact) mass is 306 g/mol. The maximum atomic E-state index is 12.3. The zero-order valence-corrected chi connectivity index (χ0v) is 13.4. The van der Waals surface area contributed by atoms with E-state index in [1.54, 1.807) is 4.90 Å². The van der Waals surface area contributed by atoms with Crippen LogP contribution in [0.3, 0.4) is 0 Å². The third kappa shape index (κ3) is 4.37. The van der Waals surface area contributed by atoms with Crippen LogP contribution in [-0.4, -0.2) is 42.3 Å². The maximum Gasteiger partial charge on any atom is 0.317 e. The number of ether oxygens (including phenoxy) is 1. The molecule has 2 atom stereocenters. The smallest absolute Gasteiger partial charge is 0.317 e. The molecule has 0 saturated carbocycles. The van der Waals surface area contributed by atoms with E-state index in [1.165, 1.54) is 0 Å². The summed E-state index contributed by atoms with van der Waals surface area (Å²) in [6.07, 6.45) is 1.95. The Labute approximate surface area is 132 Å². The lowest BCUT2D eigenvalue weighted by atomic mass is 9.99. The van der Waals surface area contributed by atoms with Gasteiger partial charge in [0.1, 0.15) is 5.75 Å². The summed E-state index contributed by atoms with van der Waals surface area (Å²) in [5, 5.41) is 12.3. The van der Waals surface area contributed by atoms with Gasteiger partial charge < -0.3 is 20.1 Å². The van der Waals surface area contributed by atoms with E-state index in [1.807, 2.05) is 38.1 Å². The summed E-state index contributed by atoms with van der Waals surface area (Å²) in [6.45, 7) is 6.12. The summed E-state index contributed by atoms with van der Waals surface area (Å²) < 4.78 is 5.42. The van der Waals surface area contributed by atoms with Crippen LogP contribution < -0.4 is 10.1 Å². The number of rotatable bonds is 5. The van der Waals surface area contributed by atoms with Crippen molar-refractivity contribution < 1.29 is 14.6 Å². The second kappa shape index (κ2) is 8.03. The van der Waals surface area contributed by atoms with Crippen molar-refractivity contribution in [3.05, 3.63) is 29.8 Å². The minimum atomic E-state index is -0.0577. The zero-order valence-electron chi connectivity index (χ0n) is 13.4. The van der Waals surface area contributed by atoms with Gasteiger partial charge in [-0.25, -0.2) is 4.79 Å². The molecule has 0 bridgehead atoms. The molecule has 1 saturated heterocycles. The van der Waals surface area contributed by atoms with Gasteiger partial charge in [0.25, 0.3) is 0 Å². The van der Waals surface area contributed by atoms with E-state index in [0.717, 1.165) is 30.7 Å². The normalized spacial score (nSPS) is 19.6. The lowest BCUT2D eigenvalue weighted by molar-refractivity contribution is 0.128. The van der Waals surface area contributed by atoms with Crippen LogP contribution in [0.5, 0.6) is 5.75 Å². The molecule has 2 N–H and O–H groups in total. The molecule has 1 fully saturated rings. The van der Waals surface area contributed by atoms with Gasteiger partial charge in [-0.3, -0.25) is 0 Å². The van der Waals surface area contributed by atoms with E-state index < -0.39 is 0 Å². The first-order valence-corrected chi connectivity index (χ1v) is 8.03. The van der Waals surface area contributed by atoms with Crippen molar-refractivity contribution in [3.63, 3.8) is 0 Å². The van der Waals surface area contributed by atoms with E-state index in [9.17, 15) is 9.90 Å². The van der Waals surface area contributed by atoms with Crippen LogP contribution in [0.1, 0.15) is 38.3 Å². The summed E-state index contributed by atoms with van der Waals surface area (Å²) in [6, 6.07) is 7.68. The highest BCUT2D eigenvalue weighted by Crippen LogP contribution is 2.19. The molecule has 0 aliphatic carbocycles. The number of benzene rings is 1. The first-order chi connectivity index (χ1) is 10.6. The number of carbonyl (C=O) groups is 1. The highest BCUT2D eigenvalue weighted by molar-refractivity contribution is 5.74. The minimum absolute atomic E-state index is 0.0560. The van der Waals surface area contributed by atoms with E-state index >= 15 is 0 Å². The molecule has 1 aromatic rings. The number of piperidine rings is 1. The molecule has 1 aromatic carbocycles. The number of carbonyl (C=O) groups excluding carboxylic acids is 1. The number of amides is 2. The van der Waals surface area contributed by atoms with Crippen molar-refractivity contribution in [2.45, 2.75) is 32.7 Å². The SMILES string of the molecule is CCOc1ccc(C(C)NC(=O)N2CCCC(CO)C2)cc1. The van der Waals surface area contributed by atoms with E-state index in [-0.39, 0.29) is 24.6 Å². The molecule has 2 amide bonds. The summed E-state index contributed by atoms with van der Waals surface area (Å²) >= 11 is 0. The largest absolute Gasteiger partial charge is 0.494 e. The van der Waals surface area contributed by atoms with Crippen LogP contribution in [0.4, 0.5) is 4.79 Å². The number of likely N-dealkylation sites (tertiary alicyclic amines) is 1. The van der Waals surface area contributed by atoms with Crippen LogP contribution in [0.2, 0.25) is 0 Å². The number of urea groups is 1. The van der Waals surface area contributed by atoms with Crippen LogP contribution in [0.15, 0.2) is 24.3 Å². The van der Waals surface area contributed by atoms with Crippen molar-refractivity contribution in [1.82, 2.24) is 10.2 Å². The van der Waals surface area contributed by atoms with Gasteiger partial charge in [-0.15, -0.1) is 0 Å². The molecule has 5 heteroatoms. The molecule has 5 nitrogen and oxygen atoms in total. The van der Waals surface area contributed by atoms with Crippen molar-refractivity contribution in [2.24, 2.45) is 5.92 Å². The Bertz CT molecular complexity index is 475. The van der Waals surface area contributed by atoms with E-state index in [0.29, 0.717) is 13.2 Å². The van der Waals surface area contributed by atoms with Crippen molar-refractivity contribution in [2.75, 3.05) is 26.3 Å². The fraction of sp³-hybridized carbons (Fsp3) is 0.588. The highest BCUT2D eigenvalue weighted by Gasteiger charge is 2.24. The molecule has 2 rings (SSSR count). The first-order valence-electron chi connectivity index (χ1n) is 8.03. The Morgan fingerprint density at radius 3 is 2.82 bits per heavy atom. The van der Waals surface area contributed by atoms with E-state index in [4.69, 9.17) is 4.74 Å². The number of nitrogens with one attached hydrogen (secondary N) is 1. The number of nitrogens with zero attached hydrogens (tertiary/aromatic N) is 1. The van der Waals surface area contributed by atoms with Gasteiger partial charge >= 0.3 is 6.03 Å². The van der Waals surface area contributed by atoms with Gasteiger partial charge in [0.2, 0.25) is 0 Å². The summed E-state index contributed by atoms with van der Waals surface area (Å²) in [5.41, 5.74) is 1.05. The van der Waals surface area contributed by atoms with Gasteiger partial charge in [0.05, 0.1) is 12.6 Å². The molecule has 122 valence electrons. The van der Waals surface area contributed by atoms with Gasteiger partial charge in [0, 0.05) is 19.7 Å². The van der Waals surface area contributed by atoms with Crippen LogP contribution in [-0.2, 0) is 0 Å². The Morgan fingerprint density at radius 1 is 1.45 bits per heavy atom. The lowest BCUT2D eigenvalue weighted by Gasteiger charge is -2.32. The highest BCUT2D eigenvalue weighted by atomic mass is 16.5. The molecule has 0 radical (unpaired) electrons. The summed E-state index contributed by atoms with van der Waals surface area (Å²) in [5.74, 6) is 1.05. The predicted octanol–water partition coefficient (Wildman–Crippen LogP) is 2.56. The maximum absolute atomic E-state index is 12.3. The molecule has 1 aliphatic rings. The second-order valence-corrected chi connectivity index (χ2v) is 5.81. The standard InChI is InChI=1S/C17H26N2O3/c1-3-22-16-8-6-15(7-9-16)13(2)18-17(21)19-10-4-5-14(11-19)12-20/h6-9,13-14,20H,3-5,10-12H2,1-2H3,(H,18,21). The molecular formula is C17H26N2O3. The topological polar surface area (TPSA) is 61.8 Å². The number of aliphatic hydroxyl groups excluding tert-OH is 1. The third-order valence-electron chi connectivity index (χ3n) is 4.10. The Morgan fingerprint density at radius 2 is 2.18 bits per heavy atom. The lowest BCUT2D eigenvalue weighted by Crippen LogP contribution is -2.46. The molecule has 1 heterocycles. The molecule has 0 aromatic heterocycles. The van der Waals surface area contributed by atoms with Gasteiger partial charge in [-0.1, -0.05) is 12.1 Å². The predicted molar refractivity (Wildman–Crippen MR) is 85.9 cm³/mol. The summed E-state index contributed by atoms with van der Waals surface area (Å²) in [7, 11) is 0. The second-order valence-electron chi connectivity index (χ2n) is 5.81. The van der Waals surface area contributed by atoms with Crippen molar-refractivity contribution in [3.8, 4) is 5.75 Å². The van der Waals surface area contributed by atoms with Gasteiger partial charge in [-0.05, 0) is 50.3 Å². The van der Waals surface area contributed by atoms with Crippen molar-refractivity contribution >= 4 is 6.03 Å². The fourth-order valence-corrected chi connectivity index (χ4v) is 2.78. The molecule has 22 heavy (non-hydrogen) atoms. The Kier molecular flexibility index (Phi) is 6.07. The van der Waals surface area contributed by atoms with Gasteiger partial charge in [0.15, 0.2) is 0 Å². The zero-order chi connectivity index (χ0) is 15.9. The van der Waals surface area contributed by atoms with Crippen LogP contribution >= 0.6 is 0 Å². The molecule has 2 unspecified atom stereocenters. The Hall–Kier alpha value is -1.75. The molecule has 1 aliphatic heterocycles. The quantitative estimate of drug-likeness (QED) is 0.879. The Balaban J connectivity index is 1.90.